The van der Waals surface area contributed by atoms with Gasteiger partial charge < -0.3 is 51.2 Å². The van der Waals surface area contributed by atoms with Gasteiger partial charge in [0.05, 0.1) is 49.9 Å². The van der Waals surface area contributed by atoms with Gasteiger partial charge in [0.2, 0.25) is 0 Å². The fourth-order valence-corrected chi connectivity index (χ4v) is 7.71. The minimum Gasteiger partial charge on any atom is -0.494 e. The molecule has 368 valence electrons. The zero-order valence-corrected chi connectivity index (χ0v) is 37.1. The monoisotopic (exact) mass is 956 g/mol. The number of halogens is 8. The molecule has 0 spiro atoms. The molecule has 0 aliphatic heterocycles. The number of amides is 4. The first-order chi connectivity index (χ1) is 30.5. The highest BCUT2D eigenvalue weighted by molar-refractivity contribution is 5.93. The summed E-state index contributed by atoms with van der Waals surface area (Å²) in [4.78, 5) is 25.4. The van der Waals surface area contributed by atoms with Crippen LogP contribution >= 0.6 is 0 Å². The summed E-state index contributed by atoms with van der Waals surface area (Å²) in [6.45, 7) is 10.6. The van der Waals surface area contributed by atoms with Crippen LogP contribution in [0.2, 0.25) is 0 Å². The summed E-state index contributed by atoms with van der Waals surface area (Å²) in [5.41, 5.74) is -0.317. The molecule has 6 atom stereocenters. The lowest BCUT2D eigenvalue weighted by Gasteiger charge is -2.26. The van der Waals surface area contributed by atoms with Crippen molar-refractivity contribution in [2.45, 2.75) is 121 Å². The molecule has 0 saturated heterocycles. The molecule has 0 bridgehead atoms. The van der Waals surface area contributed by atoms with Gasteiger partial charge in [-0.15, -0.1) is 0 Å². The second kappa shape index (κ2) is 20.3. The van der Waals surface area contributed by atoms with Gasteiger partial charge in [0.25, 0.3) is 0 Å². The smallest absolute Gasteiger partial charge is 0.418 e. The van der Waals surface area contributed by atoms with Crippen molar-refractivity contribution in [1.82, 2.24) is 10.6 Å². The van der Waals surface area contributed by atoms with Gasteiger partial charge in [-0.1, -0.05) is 73.2 Å². The lowest BCUT2D eigenvalue weighted by molar-refractivity contribution is -0.207. The normalized spacial score (nSPS) is 18.8. The Morgan fingerprint density at radius 3 is 1.21 bits per heavy atom. The summed E-state index contributed by atoms with van der Waals surface area (Å²) in [6, 6.07) is 10.5. The first-order valence-corrected chi connectivity index (χ1v) is 20.5. The maximum atomic E-state index is 14.0. The van der Waals surface area contributed by atoms with E-state index in [0.29, 0.717) is 22.3 Å². The van der Waals surface area contributed by atoms with E-state index in [0.717, 1.165) is 14.2 Å². The first kappa shape index (κ1) is 53.9. The number of benzene rings is 4. The van der Waals surface area contributed by atoms with Crippen LogP contribution < -0.4 is 30.7 Å². The molecule has 2 aliphatic carbocycles. The zero-order valence-electron chi connectivity index (χ0n) is 37.1. The number of hydrogen-bond acceptors (Lipinski definition) is 8. The van der Waals surface area contributed by atoms with Crippen molar-refractivity contribution in [1.29, 1.82) is 0 Å². The standard InChI is InChI=1S/2C23H26F4N2O4.CH4/c2*1-22(2,3)11-8-14(20(31)23(25,26)27)19(33-4)17(9-11)29-21(32)28-16-10-13-12(18(16)30)6-5-7-15(13)24;/h2*5-9,16,18,20,30-31H,10H2,1-4H3,(H2,28,29,32);1H4/t16-,18+,20+;16-,18+,20-;/m01./s1. The quantitative estimate of drug-likeness (QED) is 0.0804. The fraction of sp³-hybridized carbons (Fsp3) is 0.447. The highest BCUT2D eigenvalue weighted by Crippen LogP contribution is 2.45. The number of nitrogens with one attached hydrogen (secondary N) is 4. The van der Waals surface area contributed by atoms with E-state index in [-0.39, 0.29) is 54.3 Å². The molecule has 8 N–H and O–H groups in total. The SMILES string of the molecule is C.COc1c(NC(=O)N[C@@H]2Cc3c(F)cccc3[C@@H]2O)cc(C(C)(C)C)cc1[C@@H](O)C(F)(F)F.COc1c(NC(=O)N[C@H]2Cc3c(F)cccc3[C@H]2O)cc(C(C)(C)C)cc1[C@@H](O)C(F)(F)F. The van der Waals surface area contributed by atoms with Crippen molar-refractivity contribution in [3.05, 3.63) is 117 Å². The molecule has 4 amide bonds. The summed E-state index contributed by atoms with van der Waals surface area (Å²) in [5.74, 6) is -1.68. The zero-order chi connectivity index (χ0) is 49.4. The minimum absolute atomic E-state index is 0. The van der Waals surface area contributed by atoms with E-state index in [1.807, 2.05) is 0 Å². The molecule has 67 heavy (non-hydrogen) atoms. The van der Waals surface area contributed by atoms with Crippen molar-refractivity contribution in [3.8, 4) is 11.5 Å². The van der Waals surface area contributed by atoms with E-state index in [2.05, 4.69) is 21.3 Å². The molecule has 0 saturated carbocycles. The van der Waals surface area contributed by atoms with Gasteiger partial charge in [0, 0.05) is 11.1 Å². The number of carbonyl (C=O) groups excluding carboxylic acids is 2. The fourth-order valence-electron chi connectivity index (χ4n) is 7.71. The van der Waals surface area contributed by atoms with Crippen molar-refractivity contribution in [3.63, 3.8) is 0 Å². The number of methoxy groups -OCH3 is 2. The molecular formula is C47H56F8N4O8. The first-order valence-electron chi connectivity index (χ1n) is 20.5. The molecule has 4 aromatic rings. The van der Waals surface area contributed by atoms with E-state index in [1.54, 1.807) is 53.7 Å². The molecule has 0 fully saturated rings. The molecule has 6 rings (SSSR count). The number of urea groups is 2. The van der Waals surface area contributed by atoms with Gasteiger partial charge >= 0.3 is 24.4 Å². The van der Waals surface area contributed by atoms with Crippen LogP contribution in [0, 0.1) is 11.6 Å². The number of anilines is 2. The Kier molecular flexibility index (Phi) is 16.3. The second-order valence-electron chi connectivity index (χ2n) is 18.0. The predicted molar refractivity (Wildman–Crippen MR) is 234 cm³/mol. The minimum atomic E-state index is -4.95. The lowest BCUT2D eigenvalue weighted by Crippen LogP contribution is -2.40. The number of aliphatic hydroxyl groups is 4. The second-order valence-corrected chi connectivity index (χ2v) is 18.0. The summed E-state index contributed by atoms with van der Waals surface area (Å²) in [5, 5.41) is 50.7. The Bertz CT molecular complexity index is 2270. The summed E-state index contributed by atoms with van der Waals surface area (Å²) in [7, 11) is 2.25. The lowest BCUT2D eigenvalue weighted by atomic mass is 9.84. The van der Waals surface area contributed by atoms with E-state index in [9.17, 15) is 65.1 Å². The molecule has 20 heteroatoms. The number of alkyl halides is 6. The number of carbonyl (C=O) groups is 2. The van der Waals surface area contributed by atoms with E-state index < -0.39 is 94.5 Å². The third-order valence-corrected chi connectivity index (χ3v) is 11.3. The van der Waals surface area contributed by atoms with Crippen LogP contribution in [-0.4, -0.2) is 71.1 Å². The average molecular weight is 957 g/mol. The number of hydrogen-bond donors (Lipinski definition) is 8. The Morgan fingerprint density at radius 1 is 0.612 bits per heavy atom. The summed E-state index contributed by atoms with van der Waals surface area (Å²) < 4.78 is 118. The maximum Gasteiger partial charge on any atom is 0.418 e. The molecule has 2 aliphatic rings. The maximum absolute atomic E-state index is 14.0. The van der Waals surface area contributed by atoms with Crippen LogP contribution in [0.3, 0.4) is 0 Å². The van der Waals surface area contributed by atoms with Crippen LogP contribution in [0.15, 0.2) is 60.7 Å². The van der Waals surface area contributed by atoms with Gasteiger partial charge in [0.15, 0.2) is 12.2 Å². The van der Waals surface area contributed by atoms with Crippen LogP contribution in [0.1, 0.15) is 118 Å². The van der Waals surface area contributed by atoms with E-state index >= 15 is 0 Å². The van der Waals surface area contributed by atoms with Gasteiger partial charge in [-0.05, 0) is 93.5 Å². The van der Waals surface area contributed by atoms with Gasteiger partial charge in [0.1, 0.15) is 23.1 Å². The van der Waals surface area contributed by atoms with Crippen molar-refractivity contribution in [2.75, 3.05) is 24.9 Å². The molecular weight excluding hydrogens is 901 g/mol. The molecule has 0 unspecified atom stereocenters. The molecule has 0 radical (unpaired) electrons. The Hall–Kier alpha value is -5.70. The Labute approximate surface area is 382 Å². The van der Waals surface area contributed by atoms with Crippen molar-refractivity contribution < 1.29 is 74.6 Å². The van der Waals surface area contributed by atoms with Gasteiger partial charge in [-0.2, -0.15) is 26.3 Å². The van der Waals surface area contributed by atoms with Gasteiger partial charge in [-0.3, -0.25) is 0 Å². The number of aliphatic hydroxyl groups excluding tert-OH is 4. The summed E-state index contributed by atoms with van der Waals surface area (Å²) >= 11 is 0. The third-order valence-electron chi connectivity index (χ3n) is 11.3. The van der Waals surface area contributed by atoms with Crippen molar-refractivity contribution >= 4 is 23.4 Å². The highest BCUT2D eigenvalue weighted by atomic mass is 19.4. The topological polar surface area (TPSA) is 182 Å². The Balaban J connectivity index is 0.000000288. The molecule has 4 aromatic carbocycles. The molecule has 0 aromatic heterocycles. The largest absolute Gasteiger partial charge is 0.494 e. The molecule has 12 nitrogen and oxygen atoms in total. The third kappa shape index (κ3) is 12.1. The number of ether oxygens (including phenoxy) is 2. The van der Waals surface area contributed by atoms with Crippen LogP contribution in [0.25, 0.3) is 0 Å². The van der Waals surface area contributed by atoms with Crippen molar-refractivity contribution in [2.24, 2.45) is 0 Å². The Morgan fingerprint density at radius 2 is 0.940 bits per heavy atom. The average Bonchev–Trinajstić information content (AvgIpc) is 3.71. The van der Waals surface area contributed by atoms with Crippen LogP contribution in [0.4, 0.5) is 56.1 Å². The van der Waals surface area contributed by atoms with E-state index in [1.165, 1.54) is 48.5 Å². The predicted octanol–water partition coefficient (Wildman–Crippen LogP) is 9.65. The molecule has 0 heterocycles. The van der Waals surface area contributed by atoms with E-state index in [4.69, 9.17) is 9.47 Å². The number of fused-ring (bicyclic) bond motifs is 2. The van der Waals surface area contributed by atoms with Crippen LogP contribution in [-0.2, 0) is 23.7 Å². The van der Waals surface area contributed by atoms with Gasteiger partial charge in [-0.25, -0.2) is 18.4 Å². The highest BCUT2D eigenvalue weighted by Gasteiger charge is 2.44. The number of rotatable bonds is 8. The summed E-state index contributed by atoms with van der Waals surface area (Å²) in [6.07, 6.45) is -17.7. The van der Waals surface area contributed by atoms with Crippen LogP contribution in [0.5, 0.6) is 11.5 Å².